The number of hydrogen-bond donors (Lipinski definition) is 0. The summed E-state index contributed by atoms with van der Waals surface area (Å²) in [5, 5.41) is 1.08. The van der Waals surface area contributed by atoms with E-state index in [4.69, 9.17) is 0 Å². The first-order chi connectivity index (χ1) is 13.2. The smallest absolute Gasteiger partial charge is 0.196 e. The van der Waals surface area contributed by atoms with Gasteiger partial charge in [0, 0.05) is 43.3 Å². The van der Waals surface area contributed by atoms with Crippen molar-refractivity contribution in [3.8, 4) is 0 Å². The van der Waals surface area contributed by atoms with E-state index in [-0.39, 0.29) is 5.78 Å². The van der Waals surface area contributed by atoms with Crippen LogP contribution >= 0.6 is 0 Å². The molecule has 3 aromatic rings. The fourth-order valence-electron chi connectivity index (χ4n) is 3.73. The third-order valence-corrected chi connectivity index (χ3v) is 5.41. The number of benzene rings is 2. The van der Waals surface area contributed by atoms with Crippen molar-refractivity contribution < 1.29 is 4.79 Å². The van der Waals surface area contributed by atoms with Crippen LogP contribution in [-0.2, 0) is 6.42 Å². The van der Waals surface area contributed by atoms with Gasteiger partial charge in [0.2, 0.25) is 0 Å². The van der Waals surface area contributed by atoms with Gasteiger partial charge in [-0.05, 0) is 31.2 Å². The lowest BCUT2D eigenvalue weighted by Gasteiger charge is -2.35. The van der Waals surface area contributed by atoms with E-state index in [1.165, 1.54) is 5.56 Å². The molecule has 138 valence electrons. The summed E-state index contributed by atoms with van der Waals surface area (Å²) in [6, 6.07) is 15.9. The molecule has 0 saturated carbocycles. The third kappa shape index (κ3) is 3.45. The molecule has 27 heavy (non-hydrogen) atoms. The lowest BCUT2D eigenvalue weighted by Crippen LogP contribution is -2.45. The van der Waals surface area contributed by atoms with Gasteiger partial charge in [-0.3, -0.25) is 9.78 Å². The van der Waals surface area contributed by atoms with E-state index in [2.05, 4.69) is 47.0 Å². The summed E-state index contributed by atoms with van der Waals surface area (Å²) in [5.74, 6) is 0.0424. The van der Waals surface area contributed by atoms with Gasteiger partial charge in [0.05, 0.1) is 16.8 Å². The van der Waals surface area contributed by atoms with E-state index in [0.29, 0.717) is 11.1 Å². The van der Waals surface area contributed by atoms with Crippen molar-refractivity contribution in [1.29, 1.82) is 0 Å². The highest BCUT2D eigenvalue weighted by atomic mass is 16.1. The van der Waals surface area contributed by atoms with E-state index in [1.54, 1.807) is 6.20 Å². The first-order valence-electron chi connectivity index (χ1n) is 9.62. The predicted molar refractivity (Wildman–Crippen MR) is 111 cm³/mol. The topological polar surface area (TPSA) is 36.4 Å². The Bertz CT molecular complexity index is 960. The van der Waals surface area contributed by atoms with Crippen molar-refractivity contribution in [2.24, 2.45) is 0 Å². The maximum Gasteiger partial charge on any atom is 0.196 e. The van der Waals surface area contributed by atoms with Crippen LogP contribution in [0, 0.1) is 0 Å². The number of hydrogen-bond acceptors (Lipinski definition) is 4. The predicted octanol–water partition coefficient (Wildman–Crippen LogP) is 3.78. The summed E-state index contributed by atoms with van der Waals surface area (Å²) in [4.78, 5) is 22.6. The molecule has 0 amide bonds. The molecule has 0 atom stereocenters. The molecule has 0 N–H and O–H groups in total. The molecule has 0 spiro atoms. The van der Waals surface area contributed by atoms with Crippen molar-refractivity contribution in [2.45, 2.75) is 13.3 Å². The van der Waals surface area contributed by atoms with Crippen LogP contribution < -0.4 is 4.90 Å². The molecule has 4 rings (SSSR count). The number of pyridine rings is 1. The highest BCUT2D eigenvalue weighted by Crippen LogP contribution is 2.32. The zero-order chi connectivity index (χ0) is 18.8. The monoisotopic (exact) mass is 359 g/mol. The van der Waals surface area contributed by atoms with Crippen LogP contribution in [0.25, 0.3) is 10.9 Å². The second kappa shape index (κ2) is 7.49. The normalized spacial score (nSPS) is 15.3. The van der Waals surface area contributed by atoms with Crippen LogP contribution in [0.5, 0.6) is 0 Å². The molecule has 0 unspecified atom stereocenters. The number of aromatic nitrogens is 1. The molecule has 1 aliphatic rings. The molecule has 0 bridgehead atoms. The second-order valence-corrected chi connectivity index (χ2v) is 7.21. The maximum absolute atomic E-state index is 13.3. The molecule has 4 nitrogen and oxygen atoms in total. The fourth-order valence-corrected chi connectivity index (χ4v) is 3.73. The van der Waals surface area contributed by atoms with Crippen molar-refractivity contribution in [3.05, 3.63) is 71.4 Å². The number of piperazine rings is 1. The average Bonchev–Trinajstić information content (AvgIpc) is 2.73. The number of nitrogens with zero attached hydrogens (tertiary/aromatic N) is 3. The van der Waals surface area contributed by atoms with Gasteiger partial charge in [0.25, 0.3) is 0 Å². The summed E-state index contributed by atoms with van der Waals surface area (Å²) in [6.45, 7) is 5.98. The number of likely N-dealkylation sites (N-methyl/N-ethyl adjacent to an activating group) is 1. The molecular weight excluding hydrogens is 334 g/mol. The largest absolute Gasteiger partial charge is 0.368 e. The number of carbonyl (C=O) groups excluding carboxylic acids is 1. The SMILES string of the molecule is CCc1ccc2ncc(C(=O)c3ccccc3)c(N3CCN(C)CC3)c2c1. The highest BCUT2D eigenvalue weighted by Gasteiger charge is 2.24. The molecular formula is C23H25N3O. The van der Waals surface area contributed by atoms with Crippen LogP contribution in [0.1, 0.15) is 28.4 Å². The summed E-state index contributed by atoms with van der Waals surface area (Å²) in [7, 11) is 2.15. The van der Waals surface area contributed by atoms with Crippen molar-refractivity contribution in [1.82, 2.24) is 9.88 Å². The van der Waals surface area contributed by atoms with Crippen molar-refractivity contribution in [3.63, 3.8) is 0 Å². The zero-order valence-corrected chi connectivity index (χ0v) is 16.0. The zero-order valence-electron chi connectivity index (χ0n) is 16.0. The van der Waals surface area contributed by atoms with E-state index in [1.807, 2.05) is 30.3 Å². The molecule has 1 fully saturated rings. The number of aryl methyl sites for hydroxylation is 1. The maximum atomic E-state index is 13.3. The lowest BCUT2D eigenvalue weighted by atomic mass is 9.98. The molecule has 0 radical (unpaired) electrons. The van der Waals surface area contributed by atoms with Gasteiger partial charge in [0.1, 0.15) is 0 Å². The summed E-state index contributed by atoms with van der Waals surface area (Å²) >= 11 is 0. The minimum atomic E-state index is 0.0424. The lowest BCUT2D eigenvalue weighted by molar-refractivity contribution is 0.103. The first-order valence-corrected chi connectivity index (χ1v) is 9.62. The Balaban J connectivity index is 1.89. The van der Waals surface area contributed by atoms with Crippen molar-refractivity contribution in [2.75, 3.05) is 38.1 Å². The van der Waals surface area contributed by atoms with E-state index in [0.717, 1.165) is 49.2 Å². The van der Waals surface area contributed by atoms with Gasteiger partial charge in [-0.2, -0.15) is 0 Å². The Morgan fingerprint density at radius 2 is 1.78 bits per heavy atom. The van der Waals surface area contributed by atoms with E-state index >= 15 is 0 Å². The Morgan fingerprint density at radius 1 is 1.04 bits per heavy atom. The molecule has 2 heterocycles. The molecule has 2 aromatic carbocycles. The average molecular weight is 359 g/mol. The van der Waals surface area contributed by atoms with Crippen molar-refractivity contribution >= 4 is 22.4 Å². The molecule has 1 saturated heterocycles. The number of fused-ring (bicyclic) bond motifs is 1. The standard InChI is InChI=1S/C23H25N3O/c1-3-17-9-10-21-19(15-17)22(26-13-11-25(2)12-14-26)20(16-24-21)23(27)18-7-5-4-6-8-18/h4-10,15-16H,3,11-14H2,1-2H3. The van der Waals surface area contributed by atoms with Crippen LogP contribution in [-0.4, -0.2) is 48.9 Å². The van der Waals surface area contributed by atoms with Gasteiger partial charge >= 0.3 is 0 Å². The van der Waals surface area contributed by atoms with Crippen LogP contribution in [0.3, 0.4) is 0 Å². The minimum Gasteiger partial charge on any atom is -0.368 e. The highest BCUT2D eigenvalue weighted by molar-refractivity contribution is 6.16. The first kappa shape index (κ1) is 17.7. The van der Waals surface area contributed by atoms with Gasteiger partial charge in [0.15, 0.2) is 5.78 Å². The van der Waals surface area contributed by atoms with Gasteiger partial charge in [-0.15, -0.1) is 0 Å². The second-order valence-electron chi connectivity index (χ2n) is 7.21. The third-order valence-electron chi connectivity index (χ3n) is 5.41. The minimum absolute atomic E-state index is 0.0424. The number of anilines is 1. The Kier molecular flexibility index (Phi) is 4.90. The summed E-state index contributed by atoms with van der Waals surface area (Å²) < 4.78 is 0. The van der Waals surface area contributed by atoms with Gasteiger partial charge in [-0.25, -0.2) is 0 Å². The number of ketones is 1. The Hall–Kier alpha value is -2.72. The quantitative estimate of drug-likeness (QED) is 0.664. The van der Waals surface area contributed by atoms with Gasteiger partial charge in [-0.1, -0.05) is 43.3 Å². The Morgan fingerprint density at radius 3 is 2.48 bits per heavy atom. The fraction of sp³-hybridized carbons (Fsp3) is 0.304. The molecule has 1 aliphatic heterocycles. The van der Waals surface area contributed by atoms with E-state index < -0.39 is 0 Å². The van der Waals surface area contributed by atoms with Crippen LogP contribution in [0.4, 0.5) is 5.69 Å². The molecule has 1 aromatic heterocycles. The number of rotatable bonds is 4. The summed E-state index contributed by atoms with van der Waals surface area (Å²) in [5.41, 5.74) is 4.67. The van der Waals surface area contributed by atoms with E-state index in [9.17, 15) is 4.79 Å². The van der Waals surface area contributed by atoms with Gasteiger partial charge < -0.3 is 9.80 Å². The molecule has 0 aliphatic carbocycles. The van der Waals surface area contributed by atoms with Crippen LogP contribution in [0.15, 0.2) is 54.7 Å². The number of carbonyl (C=O) groups is 1. The summed E-state index contributed by atoms with van der Waals surface area (Å²) in [6.07, 6.45) is 2.73. The van der Waals surface area contributed by atoms with Crippen LogP contribution in [0.2, 0.25) is 0 Å². The molecule has 4 heteroatoms. The Labute approximate surface area is 160 Å².